The SMILES string of the molecule is CCc1cc(C)cc(CC)c1CC(=O)C1CC(O)(CO)CC1C(=O)OC. The maximum Gasteiger partial charge on any atom is 0.309 e. The second-order valence-corrected chi connectivity index (χ2v) is 7.44. The van der Waals surface area contributed by atoms with E-state index in [1.54, 1.807) is 0 Å². The molecule has 1 aliphatic rings. The van der Waals surface area contributed by atoms with Crippen molar-refractivity contribution >= 4 is 11.8 Å². The van der Waals surface area contributed by atoms with Crippen LogP contribution in [0.25, 0.3) is 0 Å². The van der Waals surface area contributed by atoms with Crippen molar-refractivity contribution in [1.29, 1.82) is 0 Å². The van der Waals surface area contributed by atoms with Crippen LogP contribution in [-0.4, -0.2) is 41.3 Å². The van der Waals surface area contributed by atoms with Crippen molar-refractivity contribution in [2.75, 3.05) is 13.7 Å². The molecule has 0 aliphatic heterocycles. The lowest BCUT2D eigenvalue weighted by Crippen LogP contribution is -2.30. The Hall–Kier alpha value is -1.72. The van der Waals surface area contributed by atoms with Crippen LogP contribution in [0, 0.1) is 18.8 Å². The monoisotopic (exact) mass is 362 g/mol. The van der Waals surface area contributed by atoms with Crippen molar-refractivity contribution in [3.8, 4) is 0 Å². The summed E-state index contributed by atoms with van der Waals surface area (Å²) < 4.78 is 4.82. The van der Waals surface area contributed by atoms with Gasteiger partial charge >= 0.3 is 5.97 Å². The van der Waals surface area contributed by atoms with Gasteiger partial charge in [0.15, 0.2) is 0 Å². The third-order valence-electron chi connectivity index (χ3n) is 5.59. The predicted octanol–water partition coefficient (Wildman–Crippen LogP) is 2.15. The minimum atomic E-state index is -1.40. The van der Waals surface area contributed by atoms with E-state index in [2.05, 4.69) is 32.9 Å². The molecule has 0 amide bonds. The quantitative estimate of drug-likeness (QED) is 0.726. The number of rotatable bonds is 7. The molecule has 26 heavy (non-hydrogen) atoms. The van der Waals surface area contributed by atoms with Crippen LogP contribution in [0.2, 0.25) is 0 Å². The van der Waals surface area contributed by atoms with Crippen molar-refractivity contribution in [2.45, 2.75) is 58.5 Å². The Labute approximate surface area is 155 Å². The first kappa shape index (κ1) is 20.6. The fourth-order valence-electron chi connectivity index (χ4n) is 4.19. The number of aliphatic hydroxyl groups excluding tert-OH is 1. The molecule has 0 aromatic heterocycles. The summed E-state index contributed by atoms with van der Waals surface area (Å²) in [7, 11) is 1.28. The largest absolute Gasteiger partial charge is 0.469 e. The van der Waals surface area contributed by atoms with Gasteiger partial charge in [0.2, 0.25) is 0 Å². The highest BCUT2D eigenvalue weighted by Gasteiger charge is 2.50. The second kappa shape index (κ2) is 8.31. The lowest BCUT2D eigenvalue weighted by atomic mass is 9.85. The first-order valence-corrected chi connectivity index (χ1v) is 9.33. The molecule has 2 rings (SSSR count). The van der Waals surface area contributed by atoms with Crippen molar-refractivity contribution in [3.05, 3.63) is 34.4 Å². The van der Waals surface area contributed by atoms with Gasteiger partial charge < -0.3 is 14.9 Å². The number of ether oxygens (including phenoxy) is 1. The predicted molar refractivity (Wildman–Crippen MR) is 98.9 cm³/mol. The lowest BCUT2D eigenvalue weighted by Gasteiger charge is -2.20. The molecule has 3 atom stereocenters. The molecule has 1 fully saturated rings. The van der Waals surface area contributed by atoms with Gasteiger partial charge in [-0.3, -0.25) is 9.59 Å². The van der Waals surface area contributed by atoms with Gasteiger partial charge in [0, 0.05) is 12.3 Å². The molecule has 5 heteroatoms. The molecule has 0 heterocycles. The maximum absolute atomic E-state index is 13.1. The van der Waals surface area contributed by atoms with Gasteiger partial charge in [0.1, 0.15) is 5.78 Å². The molecule has 0 bridgehead atoms. The van der Waals surface area contributed by atoms with Crippen molar-refractivity contribution in [2.24, 2.45) is 11.8 Å². The molecule has 2 N–H and O–H groups in total. The molecule has 1 aliphatic carbocycles. The Balaban J connectivity index is 2.32. The number of carbonyl (C=O) groups is 2. The van der Waals surface area contributed by atoms with E-state index in [0.29, 0.717) is 0 Å². The van der Waals surface area contributed by atoms with Gasteiger partial charge in [-0.1, -0.05) is 31.5 Å². The second-order valence-electron chi connectivity index (χ2n) is 7.44. The summed E-state index contributed by atoms with van der Waals surface area (Å²) in [6.07, 6.45) is 2.07. The Kier molecular flexibility index (Phi) is 6.58. The molecule has 0 saturated heterocycles. The fraction of sp³-hybridized carbons (Fsp3) is 0.619. The van der Waals surface area contributed by atoms with E-state index in [-0.39, 0.29) is 25.0 Å². The van der Waals surface area contributed by atoms with Crippen LogP contribution in [0.15, 0.2) is 12.1 Å². The Morgan fingerprint density at radius 1 is 1.15 bits per heavy atom. The highest BCUT2D eigenvalue weighted by Crippen LogP contribution is 2.41. The van der Waals surface area contributed by atoms with Crippen LogP contribution >= 0.6 is 0 Å². The van der Waals surface area contributed by atoms with E-state index in [0.717, 1.165) is 29.5 Å². The number of esters is 1. The van der Waals surface area contributed by atoms with E-state index in [1.807, 2.05) is 0 Å². The summed E-state index contributed by atoms with van der Waals surface area (Å²) in [5, 5.41) is 19.9. The normalized spacial score (nSPS) is 25.3. The number of aliphatic hydroxyl groups is 2. The zero-order chi connectivity index (χ0) is 19.5. The van der Waals surface area contributed by atoms with Crippen LogP contribution in [0.3, 0.4) is 0 Å². The van der Waals surface area contributed by atoms with E-state index in [1.165, 1.54) is 12.7 Å². The van der Waals surface area contributed by atoms with Gasteiger partial charge in [-0.05, 0) is 49.3 Å². The lowest BCUT2D eigenvalue weighted by molar-refractivity contribution is -0.149. The molecule has 5 nitrogen and oxygen atoms in total. The average Bonchev–Trinajstić information content (AvgIpc) is 3.00. The van der Waals surface area contributed by atoms with Crippen LogP contribution in [-0.2, 0) is 33.6 Å². The number of carbonyl (C=O) groups excluding carboxylic acids is 2. The maximum atomic E-state index is 13.1. The van der Waals surface area contributed by atoms with Gasteiger partial charge in [-0.15, -0.1) is 0 Å². The fourth-order valence-corrected chi connectivity index (χ4v) is 4.19. The van der Waals surface area contributed by atoms with Crippen molar-refractivity contribution < 1.29 is 24.5 Å². The van der Waals surface area contributed by atoms with Crippen LogP contribution in [0.4, 0.5) is 0 Å². The van der Waals surface area contributed by atoms with Crippen LogP contribution < -0.4 is 0 Å². The summed E-state index contributed by atoms with van der Waals surface area (Å²) in [4.78, 5) is 25.2. The topological polar surface area (TPSA) is 83.8 Å². The first-order valence-electron chi connectivity index (χ1n) is 9.33. The number of benzene rings is 1. The number of hydrogen-bond donors (Lipinski definition) is 2. The summed E-state index contributed by atoms with van der Waals surface area (Å²) in [5.74, 6) is -1.90. The minimum Gasteiger partial charge on any atom is -0.469 e. The summed E-state index contributed by atoms with van der Waals surface area (Å²) >= 11 is 0. The van der Waals surface area contributed by atoms with Gasteiger partial charge in [0.25, 0.3) is 0 Å². The number of ketones is 1. The molecule has 1 aromatic rings. The minimum absolute atomic E-state index is 0.0573. The molecule has 1 aromatic carbocycles. The Morgan fingerprint density at radius 3 is 2.15 bits per heavy atom. The van der Waals surface area contributed by atoms with Crippen LogP contribution in [0.1, 0.15) is 48.9 Å². The molecule has 144 valence electrons. The first-order chi connectivity index (χ1) is 12.3. The Morgan fingerprint density at radius 2 is 1.69 bits per heavy atom. The third kappa shape index (κ3) is 4.15. The Bertz CT molecular complexity index is 656. The van der Waals surface area contributed by atoms with Gasteiger partial charge in [-0.2, -0.15) is 0 Å². The molecule has 0 spiro atoms. The average molecular weight is 362 g/mol. The van der Waals surface area contributed by atoms with E-state index >= 15 is 0 Å². The van der Waals surface area contributed by atoms with Gasteiger partial charge in [0.05, 0.1) is 25.2 Å². The molecule has 3 unspecified atom stereocenters. The van der Waals surface area contributed by atoms with Crippen LogP contribution in [0.5, 0.6) is 0 Å². The summed E-state index contributed by atoms with van der Waals surface area (Å²) in [6, 6.07) is 4.22. The van der Waals surface area contributed by atoms with E-state index in [4.69, 9.17) is 4.74 Å². The summed E-state index contributed by atoms with van der Waals surface area (Å²) in [5.41, 5.74) is 3.13. The number of Topliss-reactive ketones (excluding diaryl/α,β-unsaturated/α-hetero) is 1. The molecular weight excluding hydrogens is 332 g/mol. The number of hydrogen-bond acceptors (Lipinski definition) is 5. The van der Waals surface area contributed by atoms with Gasteiger partial charge in [-0.25, -0.2) is 0 Å². The molecule has 0 radical (unpaired) electrons. The number of methoxy groups -OCH3 is 1. The molecular formula is C21H30O5. The zero-order valence-corrected chi connectivity index (χ0v) is 16.2. The highest BCUT2D eigenvalue weighted by atomic mass is 16.5. The van der Waals surface area contributed by atoms with Crippen molar-refractivity contribution in [1.82, 2.24) is 0 Å². The van der Waals surface area contributed by atoms with E-state index < -0.39 is 30.0 Å². The standard InChI is InChI=1S/C21H30O5/c1-5-14-7-13(3)8-15(6-2)16(14)9-19(23)17-10-21(25,12-22)11-18(17)20(24)26-4/h7-8,17-18,22,25H,5-6,9-12H2,1-4H3. The third-order valence-corrected chi connectivity index (χ3v) is 5.59. The highest BCUT2D eigenvalue weighted by molar-refractivity contribution is 5.89. The van der Waals surface area contributed by atoms with Crippen molar-refractivity contribution in [3.63, 3.8) is 0 Å². The number of aryl methyl sites for hydroxylation is 3. The smallest absolute Gasteiger partial charge is 0.309 e. The summed E-state index contributed by atoms with van der Waals surface area (Å²) in [6.45, 7) is 5.73. The molecule has 1 saturated carbocycles. The van der Waals surface area contributed by atoms with E-state index in [9.17, 15) is 19.8 Å². The zero-order valence-electron chi connectivity index (χ0n) is 16.2.